The summed E-state index contributed by atoms with van der Waals surface area (Å²) < 4.78 is 12.9. The molecular weight excluding hydrogens is 213 g/mol. The first-order valence-electron chi connectivity index (χ1n) is 4.88. The average Bonchev–Trinajstić information content (AvgIpc) is 2.30. The molecule has 1 aliphatic rings. The Morgan fingerprint density at radius 1 is 1.33 bits per heavy atom. The van der Waals surface area contributed by atoms with Gasteiger partial charge in [-0.25, -0.2) is 4.39 Å². The number of benzene rings is 1. The van der Waals surface area contributed by atoms with Crippen LogP contribution in [0.5, 0.6) is 0 Å². The van der Waals surface area contributed by atoms with E-state index in [2.05, 4.69) is 4.90 Å². The van der Waals surface area contributed by atoms with Crippen molar-refractivity contribution in [3.8, 4) is 0 Å². The number of carbonyl (C=O) groups excluding carboxylic acids is 1. The van der Waals surface area contributed by atoms with E-state index in [-0.39, 0.29) is 5.82 Å². The fourth-order valence-corrected chi connectivity index (χ4v) is 2.62. The summed E-state index contributed by atoms with van der Waals surface area (Å²) in [5.74, 6) is 1.78. The minimum absolute atomic E-state index is 0.354. The highest BCUT2D eigenvalue weighted by Crippen LogP contribution is 2.23. The Morgan fingerprint density at radius 3 is 2.73 bits per heavy atom. The Morgan fingerprint density at radius 2 is 2.07 bits per heavy atom. The van der Waals surface area contributed by atoms with Crippen molar-refractivity contribution in [1.29, 1.82) is 0 Å². The second-order valence-electron chi connectivity index (χ2n) is 3.42. The molecule has 0 aliphatic carbocycles. The maximum atomic E-state index is 12.9. The Kier molecular flexibility index (Phi) is 3.26. The summed E-state index contributed by atoms with van der Waals surface area (Å²) in [6.07, 6.45) is 0.722. The molecule has 0 bridgehead atoms. The van der Waals surface area contributed by atoms with Crippen molar-refractivity contribution in [1.82, 2.24) is 0 Å². The van der Waals surface area contributed by atoms with Gasteiger partial charge in [0.05, 0.1) is 0 Å². The van der Waals surface area contributed by atoms with Gasteiger partial charge in [0.2, 0.25) is 0 Å². The van der Waals surface area contributed by atoms with Gasteiger partial charge in [0.1, 0.15) is 5.82 Å². The monoisotopic (exact) mass is 225 g/mol. The van der Waals surface area contributed by atoms with Crippen LogP contribution >= 0.6 is 11.8 Å². The molecule has 0 N–H and O–H groups in total. The summed E-state index contributed by atoms with van der Waals surface area (Å²) in [6, 6.07) is 4.39. The largest absolute Gasteiger partial charge is 0.369 e. The third kappa shape index (κ3) is 2.31. The van der Waals surface area contributed by atoms with Crippen LogP contribution in [0.4, 0.5) is 10.1 Å². The van der Waals surface area contributed by atoms with Crippen molar-refractivity contribution in [3.05, 3.63) is 29.6 Å². The van der Waals surface area contributed by atoms with Gasteiger partial charge >= 0.3 is 0 Å². The number of carbonyl (C=O) groups is 1. The van der Waals surface area contributed by atoms with Gasteiger partial charge in [-0.3, -0.25) is 4.79 Å². The maximum absolute atomic E-state index is 12.9. The SMILES string of the molecule is O=Cc1cc(F)ccc1N1CCSCC1. The van der Waals surface area contributed by atoms with E-state index in [1.54, 1.807) is 6.07 Å². The van der Waals surface area contributed by atoms with Crippen LogP contribution in [0.15, 0.2) is 18.2 Å². The number of nitrogens with zero attached hydrogens (tertiary/aromatic N) is 1. The first-order valence-corrected chi connectivity index (χ1v) is 6.04. The molecule has 0 spiro atoms. The van der Waals surface area contributed by atoms with Crippen LogP contribution in [0.3, 0.4) is 0 Å². The Bertz CT molecular complexity index is 364. The molecule has 1 aromatic rings. The molecule has 0 amide bonds. The summed E-state index contributed by atoms with van der Waals surface area (Å²) in [5.41, 5.74) is 1.30. The van der Waals surface area contributed by atoms with Crippen LogP contribution in [0.25, 0.3) is 0 Å². The fourth-order valence-electron chi connectivity index (χ4n) is 1.71. The molecule has 1 fully saturated rings. The van der Waals surface area contributed by atoms with Crippen molar-refractivity contribution in [2.45, 2.75) is 0 Å². The number of hydrogen-bond donors (Lipinski definition) is 0. The molecule has 1 saturated heterocycles. The second kappa shape index (κ2) is 4.66. The lowest BCUT2D eigenvalue weighted by molar-refractivity contribution is 0.112. The predicted octanol–water partition coefficient (Wildman–Crippen LogP) is 2.19. The highest BCUT2D eigenvalue weighted by Gasteiger charge is 2.14. The minimum Gasteiger partial charge on any atom is -0.369 e. The molecule has 1 aliphatic heterocycles. The van der Waals surface area contributed by atoms with Crippen LogP contribution in [0.1, 0.15) is 10.4 Å². The van der Waals surface area contributed by atoms with Gasteiger partial charge in [-0.2, -0.15) is 11.8 Å². The van der Waals surface area contributed by atoms with Crippen LogP contribution in [0, 0.1) is 5.82 Å². The van der Waals surface area contributed by atoms with Crippen LogP contribution in [-0.4, -0.2) is 30.9 Å². The summed E-state index contributed by atoms with van der Waals surface area (Å²) >= 11 is 1.91. The van der Waals surface area contributed by atoms with E-state index in [0.717, 1.165) is 36.6 Å². The number of hydrogen-bond acceptors (Lipinski definition) is 3. The predicted molar refractivity (Wildman–Crippen MR) is 61.3 cm³/mol. The molecule has 1 aromatic carbocycles. The Balaban J connectivity index is 2.29. The fraction of sp³-hybridized carbons (Fsp3) is 0.364. The molecular formula is C11H12FNOS. The number of thioether (sulfide) groups is 1. The van der Waals surface area contributed by atoms with Crippen LogP contribution < -0.4 is 4.90 Å². The van der Waals surface area contributed by atoms with E-state index in [0.29, 0.717) is 5.56 Å². The summed E-state index contributed by atoms with van der Waals surface area (Å²) in [7, 11) is 0. The zero-order valence-electron chi connectivity index (χ0n) is 8.28. The molecule has 0 unspecified atom stereocenters. The van der Waals surface area contributed by atoms with Gasteiger partial charge in [0, 0.05) is 35.8 Å². The summed E-state index contributed by atoms with van der Waals surface area (Å²) in [6.45, 7) is 1.86. The standard InChI is InChI=1S/C11H12FNOS/c12-10-1-2-11(9(7-10)8-14)13-3-5-15-6-4-13/h1-2,7-8H,3-6H2. The quantitative estimate of drug-likeness (QED) is 0.720. The van der Waals surface area contributed by atoms with E-state index in [9.17, 15) is 9.18 Å². The van der Waals surface area contributed by atoms with Crippen molar-refractivity contribution < 1.29 is 9.18 Å². The van der Waals surface area contributed by atoms with Gasteiger partial charge in [-0.05, 0) is 18.2 Å². The van der Waals surface area contributed by atoms with E-state index >= 15 is 0 Å². The van der Waals surface area contributed by atoms with E-state index in [4.69, 9.17) is 0 Å². The van der Waals surface area contributed by atoms with Crippen molar-refractivity contribution in [3.63, 3.8) is 0 Å². The maximum Gasteiger partial charge on any atom is 0.152 e. The lowest BCUT2D eigenvalue weighted by atomic mass is 10.1. The minimum atomic E-state index is -0.354. The number of anilines is 1. The van der Waals surface area contributed by atoms with Crippen LogP contribution in [0.2, 0.25) is 0 Å². The van der Waals surface area contributed by atoms with E-state index in [1.807, 2.05) is 11.8 Å². The van der Waals surface area contributed by atoms with Gasteiger partial charge in [0.15, 0.2) is 6.29 Å². The molecule has 4 heteroatoms. The smallest absolute Gasteiger partial charge is 0.152 e. The summed E-state index contributed by atoms with van der Waals surface area (Å²) in [4.78, 5) is 13.0. The first-order chi connectivity index (χ1) is 7.31. The zero-order chi connectivity index (χ0) is 10.7. The molecule has 0 atom stereocenters. The lowest BCUT2D eigenvalue weighted by Gasteiger charge is -2.29. The normalized spacial score (nSPS) is 16.5. The molecule has 0 aromatic heterocycles. The molecule has 2 rings (SSSR count). The highest BCUT2D eigenvalue weighted by molar-refractivity contribution is 7.99. The van der Waals surface area contributed by atoms with Crippen molar-refractivity contribution in [2.24, 2.45) is 0 Å². The molecule has 15 heavy (non-hydrogen) atoms. The Hall–Kier alpha value is -1.03. The highest BCUT2D eigenvalue weighted by atomic mass is 32.2. The number of rotatable bonds is 2. The van der Waals surface area contributed by atoms with E-state index in [1.165, 1.54) is 12.1 Å². The molecule has 80 valence electrons. The Labute approximate surface area is 92.5 Å². The zero-order valence-corrected chi connectivity index (χ0v) is 9.10. The van der Waals surface area contributed by atoms with Crippen molar-refractivity contribution >= 4 is 23.7 Å². The lowest BCUT2D eigenvalue weighted by Crippen LogP contribution is -2.33. The summed E-state index contributed by atoms with van der Waals surface area (Å²) in [5, 5.41) is 0. The van der Waals surface area contributed by atoms with Gasteiger partial charge < -0.3 is 4.90 Å². The number of halogens is 1. The van der Waals surface area contributed by atoms with Gasteiger partial charge in [0.25, 0.3) is 0 Å². The first kappa shape index (κ1) is 10.5. The van der Waals surface area contributed by atoms with Crippen molar-refractivity contribution in [2.75, 3.05) is 29.5 Å². The van der Waals surface area contributed by atoms with Gasteiger partial charge in [-0.15, -0.1) is 0 Å². The number of aldehydes is 1. The second-order valence-corrected chi connectivity index (χ2v) is 4.65. The third-order valence-corrected chi connectivity index (χ3v) is 3.41. The molecule has 1 heterocycles. The average molecular weight is 225 g/mol. The molecule has 0 radical (unpaired) electrons. The topological polar surface area (TPSA) is 20.3 Å². The van der Waals surface area contributed by atoms with Crippen LogP contribution in [-0.2, 0) is 0 Å². The van der Waals surface area contributed by atoms with E-state index < -0.39 is 0 Å². The molecule has 0 saturated carbocycles. The third-order valence-electron chi connectivity index (χ3n) is 2.47. The molecule has 2 nitrogen and oxygen atoms in total. The van der Waals surface area contributed by atoms with Gasteiger partial charge in [-0.1, -0.05) is 0 Å².